The van der Waals surface area contributed by atoms with Crippen LogP contribution in [0, 0.1) is 5.92 Å². The first-order chi connectivity index (χ1) is 7.86. The van der Waals surface area contributed by atoms with Crippen molar-refractivity contribution in [3.05, 3.63) is 0 Å². The number of hydrogen-bond acceptors (Lipinski definition) is 5. The maximum atomic E-state index is 11.8. The van der Waals surface area contributed by atoms with Gasteiger partial charge in [0, 0.05) is 13.1 Å². The standard InChI is InChI=1S/C9H15NO6S/c1-16-8(11)6-17(14,15)10-4-2-3-7(5-10)9(12)13/h7H,2-6H2,1H3,(H,12,13)/t7-/m0/s1. The zero-order valence-electron chi connectivity index (χ0n) is 9.46. The number of ether oxygens (including phenoxy) is 1. The van der Waals surface area contributed by atoms with Crippen molar-refractivity contribution in [2.24, 2.45) is 5.92 Å². The van der Waals surface area contributed by atoms with Gasteiger partial charge in [0.25, 0.3) is 0 Å². The molecule has 1 rings (SSSR count). The molecule has 0 saturated carbocycles. The number of carboxylic acid groups (broad SMARTS) is 1. The smallest absolute Gasteiger partial charge is 0.322 e. The Morgan fingerprint density at radius 1 is 1.47 bits per heavy atom. The van der Waals surface area contributed by atoms with E-state index in [1.807, 2.05) is 0 Å². The van der Waals surface area contributed by atoms with E-state index in [1.165, 1.54) is 0 Å². The van der Waals surface area contributed by atoms with Gasteiger partial charge in [0.05, 0.1) is 13.0 Å². The number of methoxy groups -OCH3 is 1. The summed E-state index contributed by atoms with van der Waals surface area (Å²) >= 11 is 0. The second-order valence-electron chi connectivity index (χ2n) is 3.87. The second kappa shape index (κ2) is 5.46. The highest BCUT2D eigenvalue weighted by Gasteiger charge is 2.33. The second-order valence-corrected chi connectivity index (χ2v) is 5.84. The lowest BCUT2D eigenvalue weighted by Gasteiger charge is -2.29. The Morgan fingerprint density at radius 3 is 2.65 bits per heavy atom. The molecule has 0 spiro atoms. The summed E-state index contributed by atoms with van der Waals surface area (Å²) in [5.41, 5.74) is 0. The molecule has 1 aliphatic heterocycles. The minimum atomic E-state index is -3.77. The van der Waals surface area contributed by atoms with Gasteiger partial charge in [-0.05, 0) is 12.8 Å². The zero-order chi connectivity index (χ0) is 13.1. The molecule has 1 fully saturated rings. The lowest BCUT2D eigenvalue weighted by atomic mass is 10.0. The molecule has 1 atom stereocenters. The molecule has 1 N–H and O–H groups in total. The summed E-state index contributed by atoms with van der Waals surface area (Å²) in [6.07, 6.45) is 0.941. The third kappa shape index (κ3) is 3.67. The van der Waals surface area contributed by atoms with Crippen molar-refractivity contribution in [2.75, 3.05) is 26.0 Å². The third-order valence-corrected chi connectivity index (χ3v) is 4.37. The van der Waals surface area contributed by atoms with Gasteiger partial charge in [-0.3, -0.25) is 9.59 Å². The van der Waals surface area contributed by atoms with Gasteiger partial charge in [0.2, 0.25) is 10.0 Å². The molecule has 8 heteroatoms. The Bertz CT molecular complexity index is 404. The molecule has 7 nitrogen and oxygen atoms in total. The summed E-state index contributed by atoms with van der Waals surface area (Å²) in [6, 6.07) is 0. The zero-order valence-corrected chi connectivity index (χ0v) is 10.3. The molecule has 0 aromatic heterocycles. The molecule has 1 heterocycles. The Hall–Kier alpha value is -1.15. The number of piperidine rings is 1. The van der Waals surface area contributed by atoms with Gasteiger partial charge in [-0.25, -0.2) is 12.7 Å². The molecule has 0 aromatic carbocycles. The quantitative estimate of drug-likeness (QED) is 0.673. The fourth-order valence-corrected chi connectivity index (χ4v) is 3.11. The highest BCUT2D eigenvalue weighted by atomic mass is 32.2. The number of sulfonamides is 1. The van der Waals surface area contributed by atoms with Crippen LogP contribution in [0.15, 0.2) is 0 Å². The van der Waals surface area contributed by atoms with Crippen molar-refractivity contribution in [1.82, 2.24) is 4.31 Å². The van der Waals surface area contributed by atoms with E-state index in [-0.39, 0.29) is 13.1 Å². The number of rotatable bonds is 4. The number of carboxylic acids is 1. The van der Waals surface area contributed by atoms with Crippen LogP contribution < -0.4 is 0 Å². The number of aliphatic carboxylic acids is 1. The lowest BCUT2D eigenvalue weighted by molar-refractivity contribution is -0.142. The van der Waals surface area contributed by atoms with Crippen LogP contribution in [0.2, 0.25) is 0 Å². The van der Waals surface area contributed by atoms with Crippen molar-refractivity contribution in [3.8, 4) is 0 Å². The van der Waals surface area contributed by atoms with Gasteiger partial charge in [0.1, 0.15) is 0 Å². The first-order valence-corrected chi connectivity index (χ1v) is 6.75. The van der Waals surface area contributed by atoms with Gasteiger partial charge in [-0.1, -0.05) is 0 Å². The van der Waals surface area contributed by atoms with Gasteiger partial charge >= 0.3 is 11.9 Å². The lowest BCUT2D eigenvalue weighted by Crippen LogP contribution is -2.44. The Balaban J connectivity index is 2.71. The van der Waals surface area contributed by atoms with Crippen LogP contribution in [0.1, 0.15) is 12.8 Å². The third-order valence-electron chi connectivity index (χ3n) is 2.65. The molecule has 0 amide bonds. The van der Waals surface area contributed by atoms with E-state index in [4.69, 9.17) is 5.11 Å². The molecule has 0 bridgehead atoms. The molecule has 98 valence electrons. The van der Waals surface area contributed by atoms with Crippen molar-refractivity contribution >= 4 is 22.0 Å². The van der Waals surface area contributed by atoms with Crippen molar-refractivity contribution < 1.29 is 27.9 Å². The average molecular weight is 265 g/mol. The maximum Gasteiger partial charge on any atom is 0.322 e. The van der Waals surface area contributed by atoms with Crippen molar-refractivity contribution in [2.45, 2.75) is 12.8 Å². The molecule has 0 aliphatic carbocycles. The molecule has 0 aromatic rings. The maximum absolute atomic E-state index is 11.8. The molecule has 1 aliphatic rings. The summed E-state index contributed by atoms with van der Waals surface area (Å²) in [5.74, 6) is -3.29. The SMILES string of the molecule is COC(=O)CS(=O)(=O)N1CCC[C@H](C(=O)O)C1. The number of carbonyl (C=O) groups is 2. The highest BCUT2D eigenvalue weighted by molar-refractivity contribution is 7.89. The summed E-state index contributed by atoms with van der Waals surface area (Å²) in [4.78, 5) is 21.7. The topological polar surface area (TPSA) is 101 Å². The van der Waals surface area contributed by atoms with E-state index >= 15 is 0 Å². The molecule has 17 heavy (non-hydrogen) atoms. The van der Waals surface area contributed by atoms with E-state index in [9.17, 15) is 18.0 Å². The predicted octanol–water partition coefficient (Wildman–Crippen LogP) is -0.714. The van der Waals surface area contributed by atoms with Crippen LogP contribution in [0.4, 0.5) is 0 Å². The van der Waals surface area contributed by atoms with Gasteiger partial charge in [0.15, 0.2) is 5.75 Å². The molecule has 0 unspecified atom stereocenters. The van der Waals surface area contributed by atoms with E-state index in [0.29, 0.717) is 12.8 Å². The van der Waals surface area contributed by atoms with E-state index in [1.54, 1.807) is 0 Å². The number of hydrogen-bond donors (Lipinski definition) is 1. The summed E-state index contributed by atoms with van der Waals surface area (Å²) in [5, 5.41) is 8.84. The van der Waals surface area contributed by atoms with Crippen LogP contribution in [0.5, 0.6) is 0 Å². The largest absolute Gasteiger partial charge is 0.481 e. The predicted molar refractivity (Wildman–Crippen MR) is 57.7 cm³/mol. The number of esters is 1. The summed E-state index contributed by atoms with van der Waals surface area (Å²) in [7, 11) is -2.66. The Morgan fingerprint density at radius 2 is 2.12 bits per heavy atom. The minimum absolute atomic E-state index is 0.0747. The van der Waals surface area contributed by atoms with Crippen LogP contribution in [-0.4, -0.2) is 55.7 Å². The van der Waals surface area contributed by atoms with E-state index < -0.39 is 33.6 Å². The fourth-order valence-electron chi connectivity index (χ4n) is 1.70. The van der Waals surface area contributed by atoms with Gasteiger partial charge in [-0.2, -0.15) is 0 Å². The van der Waals surface area contributed by atoms with Crippen molar-refractivity contribution in [3.63, 3.8) is 0 Å². The van der Waals surface area contributed by atoms with Crippen molar-refractivity contribution in [1.29, 1.82) is 0 Å². The van der Waals surface area contributed by atoms with Gasteiger partial charge < -0.3 is 9.84 Å². The fraction of sp³-hybridized carbons (Fsp3) is 0.778. The summed E-state index contributed by atoms with van der Waals surface area (Å²) < 4.78 is 28.8. The number of carbonyl (C=O) groups excluding carboxylic acids is 1. The first-order valence-electron chi connectivity index (χ1n) is 5.14. The molecule has 1 saturated heterocycles. The Labute approximate surface area is 99.4 Å². The number of nitrogens with zero attached hydrogens (tertiary/aromatic N) is 1. The summed E-state index contributed by atoms with van der Waals surface area (Å²) in [6.45, 7) is 0.178. The van der Waals surface area contributed by atoms with E-state index in [0.717, 1.165) is 11.4 Å². The van der Waals surface area contributed by atoms with Crippen LogP contribution in [-0.2, 0) is 24.3 Å². The monoisotopic (exact) mass is 265 g/mol. The van der Waals surface area contributed by atoms with Crippen LogP contribution >= 0.6 is 0 Å². The normalized spacial score (nSPS) is 22.1. The molecular weight excluding hydrogens is 250 g/mol. The van der Waals surface area contributed by atoms with E-state index in [2.05, 4.69) is 4.74 Å². The average Bonchev–Trinajstić information content (AvgIpc) is 2.28. The van der Waals surface area contributed by atoms with Crippen LogP contribution in [0.25, 0.3) is 0 Å². The van der Waals surface area contributed by atoms with Crippen LogP contribution in [0.3, 0.4) is 0 Å². The molecular formula is C9H15NO6S. The Kier molecular flexibility index (Phi) is 4.47. The molecule has 0 radical (unpaired) electrons. The minimum Gasteiger partial charge on any atom is -0.481 e. The first kappa shape index (κ1) is 13.9. The van der Waals surface area contributed by atoms with Gasteiger partial charge in [-0.15, -0.1) is 0 Å². The highest BCUT2D eigenvalue weighted by Crippen LogP contribution is 2.19.